The third-order valence-electron chi connectivity index (χ3n) is 4.89. The molecule has 0 aliphatic heterocycles. The van der Waals surface area contributed by atoms with Crippen LogP contribution in [0.1, 0.15) is 103 Å². The number of carbonyl (C=O) groups is 1. The highest BCUT2D eigenvalue weighted by atomic mass is 16.5. The molecule has 0 bridgehead atoms. The average Bonchev–Trinajstić information content (AvgIpc) is 2.63. The van der Waals surface area contributed by atoms with Crippen LogP contribution in [0.3, 0.4) is 0 Å². The molecule has 1 amide bonds. The van der Waals surface area contributed by atoms with Gasteiger partial charge in [0.15, 0.2) is 0 Å². The van der Waals surface area contributed by atoms with Gasteiger partial charge >= 0.3 is 0 Å². The van der Waals surface area contributed by atoms with Gasteiger partial charge in [-0.25, -0.2) is 0 Å². The smallest absolute Gasteiger partial charge is 0.234 e. The molecule has 0 spiro atoms. The monoisotopic (exact) mass is 384 g/mol. The van der Waals surface area contributed by atoms with Crippen LogP contribution in [-0.2, 0) is 9.53 Å². The van der Waals surface area contributed by atoms with Crippen LogP contribution in [0.2, 0.25) is 0 Å². The van der Waals surface area contributed by atoms with Gasteiger partial charge in [-0.05, 0) is 26.9 Å². The van der Waals surface area contributed by atoms with Crippen LogP contribution in [0.25, 0.3) is 0 Å². The summed E-state index contributed by atoms with van der Waals surface area (Å²) in [5.41, 5.74) is 0. The first-order chi connectivity index (χ1) is 13.2. The Morgan fingerprint density at radius 2 is 1.15 bits per heavy atom. The number of rotatable bonds is 21. The number of unbranched alkanes of at least 4 members (excludes halogenated alkanes) is 13. The maximum Gasteiger partial charge on any atom is 0.234 e. The second kappa shape index (κ2) is 21.7. The molecule has 0 aromatic rings. The number of hydrogen-bond donors (Lipinski definition) is 1. The molecule has 0 atom stereocenters. The van der Waals surface area contributed by atoms with Gasteiger partial charge in [0, 0.05) is 19.8 Å². The van der Waals surface area contributed by atoms with E-state index >= 15 is 0 Å². The highest BCUT2D eigenvalue weighted by Crippen LogP contribution is 2.12. The highest BCUT2D eigenvalue weighted by molar-refractivity contribution is 5.77. The first-order valence-electron chi connectivity index (χ1n) is 11.7. The number of amides is 1. The minimum atomic E-state index is 0.0898. The van der Waals surface area contributed by atoms with Crippen molar-refractivity contribution in [2.24, 2.45) is 0 Å². The molecule has 0 heterocycles. The fourth-order valence-corrected chi connectivity index (χ4v) is 3.25. The minimum Gasteiger partial charge on any atom is -0.381 e. The Balaban J connectivity index is 3.06. The summed E-state index contributed by atoms with van der Waals surface area (Å²) in [6, 6.07) is 0. The number of ether oxygens (including phenoxy) is 1. The molecule has 0 aromatic heterocycles. The summed E-state index contributed by atoms with van der Waals surface area (Å²) < 4.78 is 5.64. The zero-order valence-electron chi connectivity index (χ0n) is 18.7. The Morgan fingerprint density at radius 1 is 0.704 bits per heavy atom. The molecular weight excluding hydrogens is 336 g/mol. The van der Waals surface area contributed by atoms with E-state index in [2.05, 4.69) is 12.2 Å². The second-order valence-electron chi connectivity index (χ2n) is 8.15. The van der Waals surface area contributed by atoms with E-state index in [1.165, 1.54) is 89.9 Å². The van der Waals surface area contributed by atoms with Crippen molar-refractivity contribution >= 4 is 5.91 Å². The van der Waals surface area contributed by atoms with Crippen LogP contribution < -0.4 is 5.32 Å². The molecule has 4 nitrogen and oxygen atoms in total. The lowest BCUT2D eigenvalue weighted by Gasteiger charge is -2.10. The molecule has 0 saturated heterocycles. The normalized spacial score (nSPS) is 11.3. The predicted molar refractivity (Wildman–Crippen MR) is 117 cm³/mol. The maximum atomic E-state index is 11.4. The van der Waals surface area contributed by atoms with Gasteiger partial charge in [-0.15, -0.1) is 0 Å². The molecule has 4 heteroatoms. The van der Waals surface area contributed by atoms with Gasteiger partial charge in [0.1, 0.15) is 0 Å². The van der Waals surface area contributed by atoms with E-state index in [1.54, 1.807) is 0 Å². The molecule has 0 rings (SSSR count). The van der Waals surface area contributed by atoms with Gasteiger partial charge in [-0.3, -0.25) is 4.79 Å². The molecule has 0 radical (unpaired) electrons. The van der Waals surface area contributed by atoms with Crippen LogP contribution in [-0.4, -0.2) is 51.2 Å². The zero-order chi connectivity index (χ0) is 20.0. The Bertz CT molecular complexity index is 309. The van der Waals surface area contributed by atoms with Crippen molar-refractivity contribution < 1.29 is 9.53 Å². The molecular formula is C23H48N2O2. The molecule has 0 aliphatic rings. The SMILES string of the molecule is CCCCCCCCCCCCCCCCOCCCNC(=O)CN(C)C. The van der Waals surface area contributed by atoms with E-state index in [-0.39, 0.29) is 5.91 Å². The van der Waals surface area contributed by atoms with Crippen molar-refractivity contribution in [3.05, 3.63) is 0 Å². The Labute approximate surface area is 169 Å². The standard InChI is InChI=1S/C23H48N2O2/c1-4-5-6-7-8-9-10-11-12-13-14-15-16-17-20-27-21-18-19-24-23(26)22-25(2)3/h4-22H2,1-3H3,(H,24,26). The molecule has 0 aromatic carbocycles. The first kappa shape index (κ1) is 26.4. The fourth-order valence-electron chi connectivity index (χ4n) is 3.25. The van der Waals surface area contributed by atoms with Gasteiger partial charge in [0.2, 0.25) is 5.91 Å². The van der Waals surface area contributed by atoms with E-state index in [4.69, 9.17) is 4.74 Å². The van der Waals surface area contributed by atoms with Crippen molar-refractivity contribution in [1.29, 1.82) is 0 Å². The molecule has 0 saturated carbocycles. The first-order valence-corrected chi connectivity index (χ1v) is 11.7. The number of hydrogen-bond acceptors (Lipinski definition) is 3. The summed E-state index contributed by atoms with van der Waals surface area (Å²) in [6.45, 7) is 5.07. The third-order valence-corrected chi connectivity index (χ3v) is 4.89. The van der Waals surface area contributed by atoms with Gasteiger partial charge in [0.05, 0.1) is 6.54 Å². The van der Waals surface area contributed by atoms with Crippen molar-refractivity contribution in [1.82, 2.24) is 10.2 Å². The summed E-state index contributed by atoms with van der Waals surface area (Å²) >= 11 is 0. The van der Waals surface area contributed by atoms with Gasteiger partial charge in [0.25, 0.3) is 0 Å². The summed E-state index contributed by atoms with van der Waals surface area (Å²) in [7, 11) is 3.80. The summed E-state index contributed by atoms with van der Waals surface area (Å²) in [4.78, 5) is 13.3. The van der Waals surface area contributed by atoms with Gasteiger partial charge < -0.3 is 15.0 Å². The largest absolute Gasteiger partial charge is 0.381 e. The number of nitrogens with one attached hydrogen (secondary N) is 1. The Morgan fingerprint density at radius 3 is 1.63 bits per heavy atom. The number of carbonyl (C=O) groups excluding carboxylic acids is 1. The van der Waals surface area contributed by atoms with Crippen molar-refractivity contribution in [3.8, 4) is 0 Å². The molecule has 0 aliphatic carbocycles. The minimum absolute atomic E-state index is 0.0898. The maximum absolute atomic E-state index is 11.4. The Kier molecular flexibility index (Phi) is 21.2. The van der Waals surface area contributed by atoms with E-state index in [1.807, 2.05) is 19.0 Å². The van der Waals surface area contributed by atoms with E-state index in [0.717, 1.165) is 19.6 Å². The predicted octanol–water partition coefficient (Wildman–Crippen LogP) is 5.55. The van der Waals surface area contributed by atoms with Crippen LogP contribution >= 0.6 is 0 Å². The van der Waals surface area contributed by atoms with Crippen molar-refractivity contribution in [2.45, 2.75) is 103 Å². The lowest BCUT2D eigenvalue weighted by atomic mass is 10.0. The van der Waals surface area contributed by atoms with Crippen LogP contribution in [0, 0.1) is 0 Å². The summed E-state index contributed by atoms with van der Waals surface area (Å²) in [5, 5.41) is 2.91. The van der Waals surface area contributed by atoms with Crippen molar-refractivity contribution in [2.75, 3.05) is 40.4 Å². The van der Waals surface area contributed by atoms with E-state index in [0.29, 0.717) is 13.1 Å². The molecule has 0 unspecified atom stereocenters. The van der Waals surface area contributed by atoms with Crippen molar-refractivity contribution in [3.63, 3.8) is 0 Å². The molecule has 162 valence electrons. The fraction of sp³-hybridized carbons (Fsp3) is 0.957. The number of likely N-dealkylation sites (N-methyl/N-ethyl adjacent to an activating group) is 1. The lowest BCUT2D eigenvalue weighted by Crippen LogP contribution is -2.34. The quantitative estimate of drug-likeness (QED) is 0.264. The third kappa shape index (κ3) is 23.4. The van der Waals surface area contributed by atoms with Gasteiger partial charge in [-0.2, -0.15) is 0 Å². The topological polar surface area (TPSA) is 41.6 Å². The second-order valence-corrected chi connectivity index (χ2v) is 8.15. The highest BCUT2D eigenvalue weighted by Gasteiger charge is 2.01. The van der Waals surface area contributed by atoms with Gasteiger partial charge in [-0.1, -0.05) is 90.4 Å². The summed E-state index contributed by atoms with van der Waals surface area (Å²) in [5.74, 6) is 0.0898. The average molecular weight is 385 g/mol. The van der Waals surface area contributed by atoms with Crippen LogP contribution in [0.5, 0.6) is 0 Å². The van der Waals surface area contributed by atoms with Crippen LogP contribution in [0.4, 0.5) is 0 Å². The zero-order valence-corrected chi connectivity index (χ0v) is 18.7. The Hall–Kier alpha value is -0.610. The molecule has 0 fully saturated rings. The lowest BCUT2D eigenvalue weighted by molar-refractivity contribution is -0.121. The molecule has 1 N–H and O–H groups in total. The van der Waals surface area contributed by atoms with Crippen LogP contribution in [0.15, 0.2) is 0 Å². The van der Waals surface area contributed by atoms with E-state index in [9.17, 15) is 4.79 Å². The summed E-state index contributed by atoms with van der Waals surface area (Å²) in [6.07, 6.45) is 20.3. The molecule has 27 heavy (non-hydrogen) atoms. The van der Waals surface area contributed by atoms with E-state index < -0.39 is 0 Å². The number of nitrogens with zero attached hydrogens (tertiary/aromatic N) is 1.